The summed E-state index contributed by atoms with van der Waals surface area (Å²) < 4.78 is 5.32. The Bertz CT molecular complexity index is 116. The molecule has 0 amide bonds. The molecule has 0 saturated carbocycles. The fraction of sp³-hybridized carbons (Fsp3) is 1.00. The van der Waals surface area contributed by atoms with Gasteiger partial charge in [0, 0.05) is 19.7 Å². The number of nitrogens with zero attached hydrogens (tertiary/aromatic N) is 1. The normalized spacial score (nSPS) is 30.2. The van der Waals surface area contributed by atoms with Crippen LogP contribution < -0.4 is 0 Å². The van der Waals surface area contributed by atoms with E-state index in [4.69, 9.17) is 4.74 Å². The van der Waals surface area contributed by atoms with Gasteiger partial charge in [-0.15, -0.1) is 0 Å². The van der Waals surface area contributed by atoms with Crippen LogP contribution >= 0.6 is 0 Å². The van der Waals surface area contributed by atoms with E-state index in [1.165, 1.54) is 19.4 Å². The minimum absolute atomic E-state index is 0. The highest BCUT2D eigenvalue weighted by molar-refractivity contribution is 4.82. The van der Waals surface area contributed by atoms with E-state index in [0.717, 1.165) is 12.6 Å². The van der Waals surface area contributed by atoms with Crippen molar-refractivity contribution in [3.8, 4) is 0 Å². The van der Waals surface area contributed by atoms with Gasteiger partial charge in [-0.1, -0.05) is 14.4 Å². The maximum atomic E-state index is 5.32. The molecule has 1 saturated heterocycles. The van der Waals surface area contributed by atoms with Crippen molar-refractivity contribution in [2.24, 2.45) is 0 Å². The molecule has 0 radical (unpaired) electrons. The molecule has 2 nitrogen and oxygen atoms in total. The van der Waals surface area contributed by atoms with E-state index < -0.39 is 0 Å². The third-order valence-corrected chi connectivity index (χ3v) is 2.51. The lowest BCUT2D eigenvalue weighted by molar-refractivity contribution is 0.108. The first kappa shape index (κ1) is 11.9. The Morgan fingerprint density at radius 2 is 2.17 bits per heavy atom. The van der Waals surface area contributed by atoms with E-state index in [0.29, 0.717) is 6.10 Å². The molecular formula is C10H23NO. The van der Waals surface area contributed by atoms with Gasteiger partial charge in [0.05, 0.1) is 6.10 Å². The Labute approximate surface area is 76.9 Å². The van der Waals surface area contributed by atoms with Gasteiger partial charge in [0.2, 0.25) is 0 Å². The fourth-order valence-corrected chi connectivity index (χ4v) is 1.82. The van der Waals surface area contributed by atoms with E-state index in [2.05, 4.69) is 18.7 Å². The predicted octanol–water partition coefficient (Wildman–Crippen LogP) is 2.14. The van der Waals surface area contributed by atoms with Crippen molar-refractivity contribution >= 4 is 0 Å². The summed E-state index contributed by atoms with van der Waals surface area (Å²) in [6.45, 7) is 6.87. The van der Waals surface area contributed by atoms with Gasteiger partial charge in [-0.2, -0.15) is 0 Å². The molecule has 0 N–H and O–H groups in total. The molecule has 0 aromatic rings. The first-order valence-corrected chi connectivity index (χ1v) is 4.54. The lowest BCUT2D eigenvalue weighted by atomic mass is 10.2. The predicted molar refractivity (Wildman–Crippen MR) is 53.5 cm³/mol. The molecule has 2 atom stereocenters. The van der Waals surface area contributed by atoms with Crippen LogP contribution in [-0.4, -0.2) is 37.2 Å². The Kier molecular flexibility index (Phi) is 5.51. The van der Waals surface area contributed by atoms with Crippen LogP contribution in [0.5, 0.6) is 0 Å². The minimum atomic E-state index is 0. The Morgan fingerprint density at radius 1 is 1.50 bits per heavy atom. The lowest BCUT2D eigenvalue weighted by Gasteiger charge is -2.19. The lowest BCUT2D eigenvalue weighted by Crippen LogP contribution is -2.28. The van der Waals surface area contributed by atoms with E-state index in [-0.39, 0.29) is 7.43 Å². The molecule has 1 aliphatic heterocycles. The maximum Gasteiger partial charge on any atom is 0.0713 e. The first-order chi connectivity index (χ1) is 5.27. The summed E-state index contributed by atoms with van der Waals surface area (Å²) in [4.78, 5) is 2.51. The monoisotopic (exact) mass is 173 g/mol. The van der Waals surface area contributed by atoms with Gasteiger partial charge in [-0.3, -0.25) is 4.90 Å². The van der Waals surface area contributed by atoms with Crippen molar-refractivity contribution in [3.05, 3.63) is 0 Å². The van der Waals surface area contributed by atoms with Gasteiger partial charge in [0.1, 0.15) is 0 Å². The molecule has 0 bridgehead atoms. The number of methoxy groups -OCH3 is 1. The SMILES string of the molecule is C.CCCN1CC(OC)CC1C. The summed E-state index contributed by atoms with van der Waals surface area (Å²) >= 11 is 0. The summed E-state index contributed by atoms with van der Waals surface area (Å²) in [5.41, 5.74) is 0. The second kappa shape index (κ2) is 5.55. The highest BCUT2D eigenvalue weighted by Crippen LogP contribution is 2.18. The van der Waals surface area contributed by atoms with E-state index in [9.17, 15) is 0 Å². The zero-order valence-electron chi connectivity index (χ0n) is 7.84. The fourth-order valence-electron chi connectivity index (χ4n) is 1.82. The average molecular weight is 173 g/mol. The van der Waals surface area contributed by atoms with E-state index >= 15 is 0 Å². The molecule has 2 heteroatoms. The van der Waals surface area contributed by atoms with Gasteiger partial charge < -0.3 is 4.74 Å². The van der Waals surface area contributed by atoms with Gasteiger partial charge in [-0.25, -0.2) is 0 Å². The number of hydrogen-bond acceptors (Lipinski definition) is 2. The molecule has 0 aromatic heterocycles. The van der Waals surface area contributed by atoms with Crippen LogP contribution in [0.4, 0.5) is 0 Å². The molecule has 1 fully saturated rings. The first-order valence-electron chi connectivity index (χ1n) is 4.54. The van der Waals surface area contributed by atoms with Crippen molar-refractivity contribution in [2.75, 3.05) is 20.2 Å². The van der Waals surface area contributed by atoms with Gasteiger partial charge in [-0.05, 0) is 26.3 Å². The standard InChI is InChI=1S/C9H19NO.CH4/c1-4-5-10-7-9(11-3)6-8(10)2;/h8-9H,4-7H2,1-3H3;1H4. The van der Waals surface area contributed by atoms with Crippen LogP contribution in [-0.2, 0) is 4.74 Å². The van der Waals surface area contributed by atoms with E-state index in [1.807, 2.05) is 7.11 Å². The third-order valence-electron chi connectivity index (χ3n) is 2.51. The van der Waals surface area contributed by atoms with Crippen molar-refractivity contribution < 1.29 is 4.74 Å². The summed E-state index contributed by atoms with van der Waals surface area (Å²) in [6.07, 6.45) is 2.94. The molecule has 12 heavy (non-hydrogen) atoms. The van der Waals surface area contributed by atoms with Gasteiger partial charge in [0.15, 0.2) is 0 Å². The number of rotatable bonds is 3. The summed E-state index contributed by atoms with van der Waals surface area (Å²) in [5.74, 6) is 0. The molecule has 74 valence electrons. The zero-order valence-corrected chi connectivity index (χ0v) is 7.84. The molecule has 0 aromatic carbocycles. The molecule has 0 spiro atoms. The van der Waals surface area contributed by atoms with E-state index in [1.54, 1.807) is 0 Å². The van der Waals surface area contributed by atoms with Crippen molar-refractivity contribution in [1.29, 1.82) is 0 Å². The molecule has 1 rings (SSSR count). The van der Waals surface area contributed by atoms with Crippen LogP contribution in [0, 0.1) is 0 Å². The van der Waals surface area contributed by atoms with Gasteiger partial charge in [0.25, 0.3) is 0 Å². The van der Waals surface area contributed by atoms with Crippen LogP contribution in [0.25, 0.3) is 0 Å². The molecule has 1 heterocycles. The summed E-state index contributed by atoms with van der Waals surface area (Å²) in [5, 5.41) is 0. The molecule has 1 aliphatic rings. The average Bonchev–Trinajstić information content (AvgIpc) is 2.33. The number of likely N-dealkylation sites (tertiary alicyclic amines) is 1. The summed E-state index contributed by atoms with van der Waals surface area (Å²) in [6, 6.07) is 0.722. The molecular weight excluding hydrogens is 150 g/mol. The smallest absolute Gasteiger partial charge is 0.0713 e. The highest BCUT2D eigenvalue weighted by Gasteiger charge is 2.27. The number of hydrogen-bond donors (Lipinski definition) is 0. The Morgan fingerprint density at radius 3 is 2.58 bits per heavy atom. The van der Waals surface area contributed by atoms with Crippen molar-refractivity contribution in [2.45, 2.75) is 46.3 Å². The second-order valence-corrected chi connectivity index (χ2v) is 3.44. The van der Waals surface area contributed by atoms with Crippen molar-refractivity contribution in [1.82, 2.24) is 4.90 Å². The van der Waals surface area contributed by atoms with Gasteiger partial charge >= 0.3 is 0 Å². The zero-order chi connectivity index (χ0) is 8.27. The van der Waals surface area contributed by atoms with Crippen LogP contribution in [0.15, 0.2) is 0 Å². The van der Waals surface area contributed by atoms with Crippen molar-refractivity contribution in [3.63, 3.8) is 0 Å². The van der Waals surface area contributed by atoms with Crippen LogP contribution in [0.2, 0.25) is 0 Å². The molecule has 0 aliphatic carbocycles. The van der Waals surface area contributed by atoms with Crippen LogP contribution in [0.1, 0.15) is 34.1 Å². The number of ether oxygens (including phenoxy) is 1. The quantitative estimate of drug-likeness (QED) is 0.648. The Balaban J connectivity index is 0.00000121. The van der Waals surface area contributed by atoms with Crippen LogP contribution in [0.3, 0.4) is 0 Å². The second-order valence-electron chi connectivity index (χ2n) is 3.44. The molecule has 2 unspecified atom stereocenters. The summed E-state index contributed by atoms with van der Waals surface area (Å²) in [7, 11) is 1.81. The highest BCUT2D eigenvalue weighted by atomic mass is 16.5. The maximum absolute atomic E-state index is 5.32. The third kappa shape index (κ3) is 2.76. The minimum Gasteiger partial charge on any atom is -0.380 e. The topological polar surface area (TPSA) is 12.5 Å². The Hall–Kier alpha value is -0.0800. The largest absolute Gasteiger partial charge is 0.380 e.